The fourth-order valence-electron chi connectivity index (χ4n) is 0.968. The summed E-state index contributed by atoms with van der Waals surface area (Å²) in [5.41, 5.74) is 0.657. The van der Waals surface area contributed by atoms with Gasteiger partial charge in [0, 0.05) is 6.20 Å². The minimum atomic E-state index is -2.17. The molecule has 0 aliphatic rings. The van der Waals surface area contributed by atoms with Crippen molar-refractivity contribution in [1.82, 2.24) is 4.98 Å². The van der Waals surface area contributed by atoms with Gasteiger partial charge in [0.15, 0.2) is 0 Å². The van der Waals surface area contributed by atoms with Crippen molar-refractivity contribution in [2.75, 3.05) is 11.8 Å². The molecule has 0 radical (unpaired) electrons. The van der Waals surface area contributed by atoms with Crippen LogP contribution in [0.15, 0.2) is 18.3 Å². The average Bonchev–Trinajstić information content (AvgIpc) is 2.17. The molecule has 0 fully saturated rings. The normalized spacial score (nSPS) is 11.9. The molecular weight excluding hydrogens is 220 g/mol. The highest BCUT2D eigenvalue weighted by Gasteiger charge is 2.04. The lowest BCUT2D eigenvalue weighted by Crippen LogP contribution is -2.07. The molecule has 0 saturated heterocycles. The first kappa shape index (κ1) is 11.6. The molecule has 1 aromatic heterocycles. The van der Waals surface area contributed by atoms with Crippen LogP contribution in [-0.2, 0) is 27.2 Å². The molecule has 0 aliphatic heterocycles. The van der Waals surface area contributed by atoms with Crippen LogP contribution in [0.1, 0.15) is 5.56 Å². The molecule has 15 heavy (non-hydrogen) atoms. The summed E-state index contributed by atoms with van der Waals surface area (Å²) in [6, 6.07) is 3.13. The Labute approximate surface area is 89.1 Å². The predicted octanol–water partition coefficient (Wildman–Crippen LogP) is 0.346. The number of ether oxygens (including phenoxy) is 1. The summed E-state index contributed by atoms with van der Waals surface area (Å²) >= 11 is -2.17. The van der Waals surface area contributed by atoms with Crippen LogP contribution in [0.5, 0.6) is 0 Å². The Kier molecular flexibility index (Phi) is 4.19. The summed E-state index contributed by atoms with van der Waals surface area (Å²) in [5.74, 6) is -0.144. The zero-order valence-electron chi connectivity index (χ0n) is 7.97. The van der Waals surface area contributed by atoms with E-state index in [-0.39, 0.29) is 18.2 Å². The topological polar surface area (TPSA) is 88.5 Å². The van der Waals surface area contributed by atoms with Crippen molar-refractivity contribution in [1.29, 1.82) is 0 Å². The lowest BCUT2D eigenvalue weighted by atomic mass is 10.2. The molecule has 1 rings (SSSR count). The van der Waals surface area contributed by atoms with E-state index in [4.69, 9.17) is 4.55 Å². The quantitative estimate of drug-likeness (QED) is 0.575. The molecule has 1 unspecified atom stereocenters. The molecule has 82 valence electrons. The van der Waals surface area contributed by atoms with Crippen LogP contribution in [-0.4, -0.2) is 26.8 Å². The number of anilines is 1. The summed E-state index contributed by atoms with van der Waals surface area (Å²) in [5, 5.41) is 0. The molecule has 1 aromatic rings. The number of nitrogens with one attached hydrogen (secondary N) is 1. The Morgan fingerprint density at radius 2 is 2.47 bits per heavy atom. The zero-order chi connectivity index (χ0) is 11.3. The van der Waals surface area contributed by atoms with E-state index >= 15 is 0 Å². The van der Waals surface area contributed by atoms with Gasteiger partial charge >= 0.3 is 5.97 Å². The highest BCUT2D eigenvalue weighted by molar-refractivity contribution is 7.80. The Balaban J connectivity index is 2.74. The summed E-state index contributed by atoms with van der Waals surface area (Å²) in [4.78, 5) is 14.7. The third-order valence-electron chi connectivity index (χ3n) is 1.59. The van der Waals surface area contributed by atoms with E-state index in [1.54, 1.807) is 6.07 Å². The maximum atomic E-state index is 10.9. The van der Waals surface area contributed by atoms with E-state index in [1.165, 1.54) is 19.4 Å². The van der Waals surface area contributed by atoms with Gasteiger partial charge in [-0.3, -0.25) is 14.1 Å². The fraction of sp³-hybridized carbons (Fsp3) is 0.250. The maximum Gasteiger partial charge on any atom is 0.309 e. The number of methoxy groups -OCH3 is 1. The van der Waals surface area contributed by atoms with Gasteiger partial charge in [-0.15, -0.1) is 0 Å². The second-order valence-electron chi connectivity index (χ2n) is 2.65. The highest BCUT2D eigenvalue weighted by Crippen LogP contribution is 2.08. The van der Waals surface area contributed by atoms with Gasteiger partial charge < -0.3 is 4.74 Å². The molecule has 7 heteroatoms. The number of pyridine rings is 1. The van der Waals surface area contributed by atoms with Crippen LogP contribution in [0.4, 0.5) is 5.82 Å². The molecule has 0 amide bonds. The Morgan fingerprint density at radius 1 is 1.73 bits per heavy atom. The first-order valence-corrected chi connectivity index (χ1v) is 5.11. The minimum absolute atomic E-state index is 0.103. The van der Waals surface area contributed by atoms with Crippen LogP contribution >= 0.6 is 0 Å². The summed E-state index contributed by atoms with van der Waals surface area (Å²) < 4.78 is 25.7. The third-order valence-corrected chi connectivity index (χ3v) is 1.98. The van der Waals surface area contributed by atoms with Crippen LogP contribution in [0.2, 0.25) is 0 Å². The van der Waals surface area contributed by atoms with Gasteiger partial charge in [0.1, 0.15) is 5.82 Å². The lowest BCUT2D eigenvalue weighted by molar-refractivity contribution is -0.139. The molecular formula is C8H10N2O4S. The van der Waals surface area contributed by atoms with E-state index in [1.807, 2.05) is 0 Å². The smallest absolute Gasteiger partial charge is 0.309 e. The van der Waals surface area contributed by atoms with E-state index < -0.39 is 11.3 Å². The maximum absolute atomic E-state index is 10.9. The van der Waals surface area contributed by atoms with E-state index in [0.29, 0.717) is 5.56 Å². The third kappa shape index (κ3) is 4.05. The second-order valence-corrected chi connectivity index (χ2v) is 3.36. The van der Waals surface area contributed by atoms with Crippen LogP contribution in [0.3, 0.4) is 0 Å². The van der Waals surface area contributed by atoms with Crippen LogP contribution < -0.4 is 4.72 Å². The predicted molar refractivity (Wildman–Crippen MR) is 54.4 cm³/mol. The molecule has 0 saturated carbocycles. The second kappa shape index (κ2) is 5.42. The van der Waals surface area contributed by atoms with Gasteiger partial charge in [0.25, 0.3) is 11.3 Å². The molecule has 1 atom stereocenters. The van der Waals surface area contributed by atoms with E-state index in [2.05, 4.69) is 14.4 Å². The van der Waals surface area contributed by atoms with Crippen molar-refractivity contribution in [2.24, 2.45) is 0 Å². The molecule has 2 N–H and O–H groups in total. The zero-order valence-corrected chi connectivity index (χ0v) is 8.78. The van der Waals surface area contributed by atoms with Gasteiger partial charge in [-0.2, -0.15) is 0 Å². The van der Waals surface area contributed by atoms with Crippen molar-refractivity contribution in [3.8, 4) is 0 Å². The number of carbonyl (C=O) groups is 1. The molecule has 6 nitrogen and oxygen atoms in total. The van der Waals surface area contributed by atoms with Crippen LogP contribution in [0.25, 0.3) is 0 Å². The van der Waals surface area contributed by atoms with Crippen molar-refractivity contribution >= 4 is 23.1 Å². The standard InChI is InChI=1S/C8H10N2O4S/c1-14-8(11)5-6-2-3-9-7(4-6)10-15(12)13/h2-4H,5H2,1H3,(H,9,10)(H,12,13). The average molecular weight is 230 g/mol. The SMILES string of the molecule is COC(=O)Cc1ccnc(NS(=O)O)c1. The molecule has 0 aromatic carbocycles. The fourth-order valence-corrected chi connectivity index (χ4v) is 1.26. The number of aromatic nitrogens is 1. The van der Waals surface area contributed by atoms with Gasteiger partial charge in [-0.1, -0.05) is 0 Å². The summed E-state index contributed by atoms with van der Waals surface area (Å²) in [6.45, 7) is 0. The Hall–Kier alpha value is -1.47. The number of nitrogens with zero attached hydrogens (tertiary/aromatic N) is 1. The molecule has 1 heterocycles. The van der Waals surface area contributed by atoms with Gasteiger partial charge in [-0.05, 0) is 17.7 Å². The van der Waals surface area contributed by atoms with E-state index in [9.17, 15) is 9.00 Å². The Morgan fingerprint density at radius 3 is 3.07 bits per heavy atom. The summed E-state index contributed by atoms with van der Waals surface area (Å²) in [6.07, 6.45) is 1.54. The first-order chi connectivity index (χ1) is 7.11. The lowest BCUT2D eigenvalue weighted by Gasteiger charge is -2.03. The Bertz CT molecular complexity index is 383. The number of hydrogen-bond acceptors (Lipinski definition) is 4. The number of esters is 1. The van der Waals surface area contributed by atoms with Gasteiger partial charge in [0.05, 0.1) is 13.5 Å². The van der Waals surface area contributed by atoms with Gasteiger partial charge in [-0.25, -0.2) is 9.19 Å². The number of carbonyl (C=O) groups excluding carboxylic acids is 1. The molecule has 0 bridgehead atoms. The van der Waals surface area contributed by atoms with Gasteiger partial charge in [0.2, 0.25) is 0 Å². The largest absolute Gasteiger partial charge is 0.469 e. The van der Waals surface area contributed by atoms with E-state index in [0.717, 1.165) is 0 Å². The molecule has 0 spiro atoms. The monoisotopic (exact) mass is 230 g/mol. The molecule has 0 aliphatic carbocycles. The van der Waals surface area contributed by atoms with Crippen molar-refractivity contribution < 1.29 is 18.3 Å². The van der Waals surface area contributed by atoms with Crippen molar-refractivity contribution in [2.45, 2.75) is 6.42 Å². The first-order valence-electron chi connectivity index (χ1n) is 4.01. The summed E-state index contributed by atoms with van der Waals surface area (Å²) in [7, 11) is 1.30. The highest BCUT2D eigenvalue weighted by atomic mass is 32.2. The van der Waals surface area contributed by atoms with Crippen molar-refractivity contribution in [3.05, 3.63) is 23.9 Å². The minimum Gasteiger partial charge on any atom is -0.469 e. The number of rotatable bonds is 4. The van der Waals surface area contributed by atoms with Crippen molar-refractivity contribution in [3.63, 3.8) is 0 Å². The number of hydrogen-bond donors (Lipinski definition) is 2. The van der Waals surface area contributed by atoms with Crippen LogP contribution in [0, 0.1) is 0 Å².